The summed E-state index contributed by atoms with van der Waals surface area (Å²) < 4.78 is 2.00. The number of likely N-dealkylation sites (tertiary alicyclic amines) is 1. The minimum absolute atomic E-state index is 0.199. The second-order valence-corrected chi connectivity index (χ2v) is 7.53. The van der Waals surface area contributed by atoms with Crippen LogP contribution in [0.2, 0.25) is 5.02 Å². The van der Waals surface area contributed by atoms with Crippen molar-refractivity contribution in [3.8, 4) is 5.69 Å². The summed E-state index contributed by atoms with van der Waals surface area (Å²) in [6.07, 6.45) is 7.10. The summed E-state index contributed by atoms with van der Waals surface area (Å²) >= 11 is 7.71. The summed E-state index contributed by atoms with van der Waals surface area (Å²) in [5.74, 6) is 0.616. The van der Waals surface area contributed by atoms with Crippen LogP contribution in [0.3, 0.4) is 0 Å². The number of halogens is 1. The second-order valence-electron chi connectivity index (χ2n) is 6.18. The van der Waals surface area contributed by atoms with Gasteiger partial charge in [0.15, 0.2) is 5.16 Å². The Morgan fingerprint density at radius 1 is 1.42 bits per heavy atom. The number of thioether (sulfide) groups is 1. The maximum Gasteiger partial charge on any atom is 0.233 e. The maximum absolute atomic E-state index is 12.5. The summed E-state index contributed by atoms with van der Waals surface area (Å²) in [6.45, 7) is 5.01. The highest BCUT2D eigenvalue weighted by Gasteiger charge is 2.23. The highest BCUT2D eigenvalue weighted by Crippen LogP contribution is 2.27. The second kappa shape index (κ2) is 7.62. The van der Waals surface area contributed by atoms with E-state index in [1.807, 2.05) is 40.8 Å². The monoisotopic (exact) mass is 363 g/mol. The number of benzene rings is 1. The quantitative estimate of drug-likeness (QED) is 0.759. The van der Waals surface area contributed by atoms with Gasteiger partial charge in [0.25, 0.3) is 0 Å². The Bertz CT molecular complexity index is 731. The molecule has 2 heterocycles. The smallest absolute Gasteiger partial charge is 0.233 e. The summed E-state index contributed by atoms with van der Waals surface area (Å²) in [4.78, 5) is 18.9. The van der Waals surface area contributed by atoms with Crippen molar-refractivity contribution in [2.45, 2.75) is 44.3 Å². The topological polar surface area (TPSA) is 38.1 Å². The van der Waals surface area contributed by atoms with E-state index in [0.29, 0.717) is 11.8 Å². The Kier molecular flexibility index (Phi) is 5.51. The van der Waals surface area contributed by atoms with Crippen molar-refractivity contribution in [2.24, 2.45) is 0 Å². The Labute approximate surface area is 152 Å². The lowest BCUT2D eigenvalue weighted by atomic mass is 10.0. The van der Waals surface area contributed by atoms with Crippen molar-refractivity contribution in [2.75, 3.05) is 12.3 Å². The first-order chi connectivity index (χ1) is 11.6. The molecule has 4 nitrogen and oxygen atoms in total. The van der Waals surface area contributed by atoms with Gasteiger partial charge in [0.2, 0.25) is 5.91 Å². The highest BCUT2D eigenvalue weighted by atomic mass is 35.5. The van der Waals surface area contributed by atoms with Gasteiger partial charge in [-0.3, -0.25) is 9.36 Å². The fourth-order valence-electron chi connectivity index (χ4n) is 3.11. The molecule has 1 aliphatic rings. The zero-order valence-electron chi connectivity index (χ0n) is 14.0. The van der Waals surface area contributed by atoms with Gasteiger partial charge in [-0.1, -0.05) is 29.4 Å². The third kappa shape index (κ3) is 3.62. The Morgan fingerprint density at radius 3 is 3.04 bits per heavy atom. The van der Waals surface area contributed by atoms with E-state index in [0.717, 1.165) is 40.8 Å². The average molecular weight is 364 g/mol. The number of carbonyl (C=O) groups is 1. The molecule has 1 aliphatic heterocycles. The van der Waals surface area contributed by atoms with Crippen LogP contribution >= 0.6 is 23.4 Å². The van der Waals surface area contributed by atoms with Crippen LogP contribution in [0.25, 0.3) is 5.69 Å². The molecule has 0 saturated carbocycles. The minimum atomic E-state index is 0.199. The normalized spacial score (nSPS) is 18.0. The molecule has 1 unspecified atom stereocenters. The van der Waals surface area contributed by atoms with Crippen LogP contribution < -0.4 is 0 Å². The molecular formula is C18H22ClN3OS. The lowest BCUT2D eigenvalue weighted by molar-refractivity contribution is -0.131. The molecule has 0 spiro atoms. The van der Waals surface area contributed by atoms with Crippen molar-refractivity contribution in [3.63, 3.8) is 0 Å². The summed E-state index contributed by atoms with van der Waals surface area (Å²) in [6, 6.07) is 6.17. The van der Waals surface area contributed by atoms with Crippen molar-refractivity contribution in [1.82, 2.24) is 14.5 Å². The summed E-state index contributed by atoms with van der Waals surface area (Å²) in [5, 5.41) is 1.55. The zero-order chi connectivity index (χ0) is 17.1. The van der Waals surface area contributed by atoms with E-state index in [4.69, 9.17) is 11.6 Å². The van der Waals surface area contributed by atoms with E-state index < -0.39 is 0 Å². The van der Waals surface area contributed by atoms with Gasteiger partial charge in [-0.05, 0) is 50.8 Å². The van der Waals surface area contributed by atoms with Crippen LogP contribution in [0.15, 0.2) is 35.7 Å². The van der Waals surface area contributed by atoms with Gasteiger partial charge in [0.1, 0.15) is 0 Å². The molecule has 0 radical (unpaired) electrons. The van der Waals surface area contributed by atoms with Gasteiger partial charge < -0.3 is 4.90 Å². The molecule has 1 atom stereocenters. The van der Waals surface area contributed by atoms with Crippen LogP contribution in [0, 0.1) is 6.92 Å². The van der Waals surface area contributed by atoms with Crippen molar-refractivity contribution in [3.05, 3.63) is 41.2 Å². The molecule has 0 aliphatic carbocycles. The maximum atomic E-state index is 12.5. The average Bonchev–Trinajstić information content (AvgIpc) is 3.04. The van der Waals surface area contributed by atoms with Gasteiger partial charge in [-0.25, -0.2) is 4.98 Å². The van der Waals surface area contributed by atoms with E-state index >= 15 is 0 Å². The number of hydrogen-bond donors (Lipinski definition) is 0. The molecule has 0 N–H and O–H groups in total. The number of rotatable bonds is 4. The number of piperidine rings is 1. The Balaban J connectivity index is 1.72. The van der Waals surface area contributed by atoms with Crippen molar-refractivity contribution in [1.29, 1.82) is 0 Å². The Hall–Kier alpha value is -1.46. The third-order valence-corrected chi connectivity index (χ3v) is 5.91. The molecule has 0 bridgehead atoms. The molecule has 24 heavy (non-hydrogen) atoms. The first-order valence-corrected chi connectivity index (χ1v) is 9.65. The predicted molar refractivity (Wildman–Crippen MR) is 99.1 cm³/mol. The highest BCUT2D eigenvalue weighted by molar-refractivity contribution is 7.99. The van der Waals surface area contributed by atoms with Crippen molar-refractivity contribution < 1.29 is 4.79 Å². The summed E-state index contributed by atoms with van der Waals surface area (Å²) in [5.41, 5.74) is 2.01. The number of carbonyl (C=O) groups excluding carboxylic acids is 1. The largest absolute Gasteiger partial charge is 0.339 e. The molecule has 1 aromatic carbocycles. The number of imidazole rings is 1. The molecule has 1 amide bonds. The third-order valence-electron chi connectivity index (χ3n) is 4.55. The molecule has 6 heteroatoms. The molecule has 2 aromatic rings. The van der Waals surface area contributed by atoms with Gasteiger partial charge in [0, 0.05) is 30.0 Å². The van der Waals surface area contributed by atoms with Crippen LogP contribution in [0.1, 0.15) is 31.7 Å². The van der Waals surface area contributed by atoms with E-state index in [-0.39, 0.29) is 5.91 Å². The van der Waals surface area contributed by atoms with Crippen LogP contribution in [0.5, 0.6) is 0 Å². The van der Waals surface area contributed by atoms with E-state index in [2.05, 4.69) is 11.9 Å². The molecule has 3 rings (SSSR count). The lowest BCUT2D eigenvalue weighted by Gasteiger charge is -2.33. The number of aromatic nitrogens is 2. The van der Waals surface area contributed by atoms with Gasteiger partial charge in [0.05, 0.1) is 11.4 Å². The summed E-state index contributed by atoms with van der Waals surface area (Å²) in [7, 11) is 0. The molecule has 1 aromatic heterocycles. The molecular weight excluding hydrogens is 342 g/mol. The van der Waals surface area contributed by atoms with Gasteiger partial charge >= 0.3 is 0 Å². The van der Waals surface area contributed by atoms with E-state index in [9.17, 15) is 4.79 Å². The number of amides is 1. The lowest BCUT2D eigenvalue weighted by Crippen LogP contribution is -2.42. The van der Waals surface area contributed by atoms with Gasteiger partial charge in [-0.2, -0.15) is 0 Å². The predicted octanol–water partition coefficient (Wildman–Crippen LogP) is 4.33. The standard InChI is InChI=1S/C18H22ClN3OS/c1-13-6-3-4-10-21(13)17(23)12-24-18-20-9-11-22(18)16-8-5-7-15(19)14(16)2/h5,7-9,11,13H,3-4,6,10,12H2,1-2H3. The van der Waals surface area contributed by atoms with Gasteiger partial charge in [-0.15, -0.1) is 0 Å². The van der Waals surface area contributed by atoms with Crippen LogP contribution in [0.4, 0.5) is 0 Å². The Morgan fingerprint density at radius 2 is 2.25 bits per heavy atom. The molecule has 1 saturated heterocycles. The van der Waals surface area contributed by atoms with Crippen LogP contribution in [-0.2, 0) is 4.79 Å². The van der Waals surface area contributed by atoms with Crippen molar-refractivity contribution >= 4 is 29.3 Å². The zero-order valence-corrected chi connectivity index (χ0v) is 15.6. The number of nitrogens with zero attached hydrogens (tertiary/aromatic N) is 3. The number of hydrogen-bond acceptors (Lipinski definition) is 3. The fraction of sp³-hybridized carbons (Fsp3) is 0.444. The SMILES string of the molecule is Cc1c(Cl)cccc1-n1ccnc1SCC(=O)N1CCCCC1C. The molecule has 128 valence electrons. The first kappa shape index (κ1) is 17.4. The first-order valence-electron chi connectivity index (χ1n) is 8.29. The van der Waals surface area contributed by atoms with E-state index in [1.165, 1.54) is 18.2 Å². The minimum Gasteiger partial charge on any atom is -0.339 e. The van der Waals surface area contributed by atoms with E-state index in [1.54, 1.807) is 6.20 Å². The fourth-order valence-corrected chi connectivity index (χ4v) is 4.14. The van der Waals surface area contributed by atoms with Crippen LogP contribution in [-0.4, -0.2) is 38.7 Å². The molecule has 1 fully saturated rings.